The molecule has 0 saturated heterocycles. The third kappa shape index (κ3) is 3.40. The number of nitrogens with zero attached hydrogens (tertiary/aromatic N) is 2. The third-order valence-electron chi connectivity index (χ3n) is 4.00. The SMILES string of the molecule is N#CCN(C(=O)[C@H]1CCC[C@@H](C(F)(F)F)C1)C1CC1. The Morgan fingerprint density at radius 3 is 2.47 bits per heavy atom. The molecular weight excluding hydrogens is 257 g/mol. The van der Waals surface area contributed by atoms with Gasteiger partial charge in [-0.05, 0) is 32.1 Å². The van der Waals surface area contributed by atoms with E-state index in [1.807, 2.05) is 6.07 Å². The fraction of sp³-hybridized carbons (Fsp3) is 0.846. The van der Waals surface area contributed by atoms with E-state index in [0.29, 0.717) is 12.8 Å². The number of hydrogen-bond acceptors (Lipinski definition) is 2. The van der Waals surface area contributed by atoms with E-state index in [4.69, 9.17) is 5.26 Å². The molecule has 0 bridgehead atoms. The van der Waals surface area contributed by atoms with Crippen LogP contribution in [0.3, 0.4) is 0 Å². The number of amides is 1. The zero-order valence-electron chi connectivity index (χ0n) is 10.6. The summed E-state index contributed by atoms with van der Waals surface area (Å²) in [5.74, 6) is -2.18. The van der Waals surface area contributed by atoms with Gasteiger partial charge in [0.25, 0.3) is 0 Å². The van der Waals surface area contributed by atoms with Gasteiger partial charge >= 0.3 is 6.18 Å². The Kier molecular flexibility index (Phi) is 4.02. The molecule has 0 aromatic rings. The second kappa shape index (κ2) is 5.40. The quantitative estimate of drug-likeness (QED) is 0.743. The van der Waals surface area contributed by atoms with Gasteiger partial charge in [-0.15, -0.1) is 0 Å². The highest BCUT2D eigenvalue weighted by molar-refractivity contribution is 5.79. The molecule has 0 unspecified atom stereocenters. The summed E-state index contributed by atoms with van der Waals surface area (Å²) >= 11 is 0. The van der Waals surface area contributed by atoms with Gasteiger partial charge in [0.1, 0.15) is 6.54 Å². The molecule has 106 valence electrons. The lowest BCUT2D eigenvalue weighted by Gasteiger charge is -2.32. The largest absolute Gasteiger partial charge is 0.391 e. The molecule has 2 saturated carbocycles. The maximum atomic E-state index is 12.7. The van der Waals surface area contributed by atoms with Crippen molar-refractivity contribution in [3.63, 3.8) is 0 Å². The average molecular weight is 274 g/mol. The molecule has 0 aromatic carbocycles. The van der Waals surface area contributed by atoms with E-state index in [2.05, 4.69) is 0 Å². The lowest BCUT2D eigenvalue weighted by atomic mass is 9.80. The van der Waals surface area contributed by atoms with Crippen LogP contribution in [0.2, 0.25) is 0 Å². The standard InChI is InChI=1S/C13H17F3N2O/c14-13(15,16)10-3-1-2-9(8-10)12(19)18(7-6-17)11-4-5-11/h9-11H,1-5,7-8H2/t9-,10+/m0/s1. The van der Waals surface area contributed by atoms with Crippen molar-refractivity contribution in [2.75, 3.05) is 6.54 Å². The van der Waals surface area contributed by atoms with Crippen molar-refractivity contribution in [2.24, 2.45) is 11.8 Å². The number of alkyl halides is 3. The summed E-state index contributed by atoms with van der Waals surface area (Å²) in [6.45, 7) is -0.00329. The van der Waals surface area contributed by atoms with Crippen molar-refractivity contribution in [3.05, 3.63) is 0 Å². The molecule has 0 heterocycles. The van der Waals surface area contributed by atoms with Gasteiger partial charge in [0, 0.05) is 12.0 Å². The molecule has 2 rings (SSSR count). The highest BCUT2D eigenvalue weighted by Gasteiger charge is 2.45. The van der Waals surface area contributed by atoms with E-state index in [0.717, 1.165) is 12.8 Å². The summed E-state index contributed by atoms with van der Waals surface area (Å²) in [5.41, 5.74) is 0. The van der Waals surface area contributed by atoms with Gasteiger partial charge in [-0.1, -0.05) is 6.42 Å². The van der Waals surface area contributed by atoms with Crippen molar-refractivity contribution >= 4 is 5.91 Å². The van der Waals surface area contributed by atoms with Crippen LogP contribution in [0.1, 0.15) is 38.5 Å². The van der Waals surface area contributed by atoms with E-state index in [1.165, 1.54) is 4.90 Å². The molecule has 0 N–H and O–H groups in total. The Labute approximate surface area is 110 Å². The summed E-state index contributed by atoms with van der Waals surface area (Å²) in [6, 6.07) is 2.02. The van der Waals surface area contributed by atoms with Crippen molar-refractivity contribution in [3.8, 4) is 6.07 Å². The predicted octanol–water partition coefficient (Wildman–Crippen LogP) is 2.87. The number of hydrogen-bond donors (Lipinski definition) is 0. The number of rotatable bonds is 3. The Hall–Kier alpha value is -1.25. The molecule has 1 amide bonds. The van der Waals surface area contributed by atoms with Crippen LogP contribution in [0.25, 0.3) is 0 Å². The molecule has 2 fully saturated rings. The monoisotopic (exact) mass is 274 g/mol. The molecule has 0 aliphatic heterocycles. The summed E-state index contributed by atoms with van der Waals surface area (Å²) in [7, 11) is 0. The van der Waals surface area contributed by atoms with Gasteiger partial charge in [-0.25, -0.2) is 0 Å². The van der Waals surface area contributed by atoms with Crippen LogP contribution < -0.4 is 0 Å². The second-order valence-electron chi connectivity index (χ2n) is 5.46. The molecule has 6 heteroatoms. The third-order valence-corrected chi connectivity index (χ3v) is 4.00. The number of carbonyl (C=O) groups is 1. The lowest BCUT2D eigenvalue weighted by molar-refractivity contribution is -0.187. The molecule has 2 atom stereocenters. The summed E-state index contributed by atoms with van der Waals surface area (Å²) in [5, 5.41) is 8.72. The van der Waals surface area contributed by atoms with Crippen LogP contribution in [0.15, 0.2) is 0 Å². The fourth-order valence-electron chi connectivity index (χ4n) is 2.80. The van der Waals surface area contributed by atoms with E-state index < -0.39 is 18.0 Å². The molecule has 2 aliphatic rings. The zero-order valence-corrected chi connectivity index (χ0v) is 10.6. The first kappa shape index (κ1) is 14.2. The van der Waals surface area contributed by atoms with Gasteiger partial charge < -0.3 is 4.90 Å². The van der Waals surface area contributed by atoms with Crippen LogP contribution in [-0.4, -0.2) is 29.6 Å². The van der Waals surface area contributed by atoms with Crippen molar-refractivity contribution < 1.29 is 18.0 Å². The highest BCUT2D eigenvalue weighted by Crippen LogP contribution is 2.41. The Morgan fingerprint density at radius 1 is 1.26 bits per heavy atom. The summed E-state index contributed by atoms with van der Waals surface area (Å²) in [6.07, 6.45) is -1.53. The average Bonchev–Trinajstić information content (AvgIpc) is 3.18. The van der Waals surface area contributed by atoms with E-state index in [1.54, 1.807) is 0 Å². The predicted molar refractivity (Wildman–Crippen MR) is 61.9 cm³/mol. The Morgan fingerprint density at radius 2 is 1.95 bits per heavy atom. The number of carbonyl (C=O) groups excluding carboxylic acids is 1. The van der Waals surface area contributed by atoms with Gasteiger partial charge in [-0.2, -0.15) is 18.4 Å². The van der Waals surface area contributed by atoms with E-state index >= 15 is 0 Å². The first-order valence-corrected chi connectivity index (χ1v) is 6.67. The molecule has 0 aromatic heterocycles. The molecule has 3 nitrogen and oxygen atoms in total. The molecule has 0 radical (unpaired) electrons. The van der Waals surface area contributed by atoms with Crippen LogP contribution >= 0.6 is 0 Å². The maximum Gasteiger partial charge on any atom is 0.391 e. The minimum absolute atomic E-state index is 0.00329. The summed E-state index contributed by atoms with van der Waals surface area (Å²) in [4.78, 5) is 13.7. The van der Waals surface area contributed by atoms with E-state index in [9.17, 15) is 18.0 Å². The summed E-state index contributed by atoms with van der Waals surface area (Å²) < 4.78 is 38.2. The van der Waals surface area contributed by atoms with Gasteiger partial charge in [0.05, 0.1) is 12.0 Å². The molecular formula is C13H17F3N2O. The van der Waals surface area contributed by atoms with Gasteiger partial charge in [0.2, 0.25) is 5.91 Å². The maximum absolute atomic E-state index is 12.7. The topological polar surface area (TPSA) is 44.1 Å². The molecule has 0 spiro atoms. The van der Waals surface area contributed by atoms with Crippen molar-refractivity contribution in [1.82, 2.24) is 4.90 Å². The first-order chi connectivity index (χ1) is 8.93. The second-order valence-corrected chi connectivity index (χ2v) is 5.46. The van der Waals surface area contributed by atoms with Gasteiger partial charge in [-0.3, -0.25) is 4.79 Å². The van der Waals surface area contributed by atoms with Crippen molar-refractivity contribution in [1.29, 1.82) is 5.26 Å². The number of nitriles is 1. The lowest BCUT2D eigenvalue weighted by Crippen LogP contribution is -2.41. The highest BCUT2D eigenvalue weighted by atomic mass is 19.4. The van der Waals surface area contributed by atoms with Crippen LogP contribution in [-0.2, 0) is 4.79 Å². The van der Waals surface area contributed by atoms with E-state index in [-0.39, 0.29) is 31.3 Å². The van der Waals surface area contributed by atoms with Crippen LogP contribution in [0, 0.1) is 23.2 Å². The van der Waals surface area contributed by atoms with Gasteiger partial charge in [0.15, 0.2) is 0 Å². The number of halogens is 3. The van der Waals surface area contributed by atoms with Crippen LogP contribution in [0.5, 0.6) is 0 Å². The fourth-order valence-corrected chi connectivity index (χ4v) is 2.80. The smallest absolute Gasteiger partial charge is 0.326 e. The van der Waals surface area contributed by atoms with Crippen LogP contribution in [0.4, 0.5) is 13.2 Å². The molecule has 2 aliphatic carbocycles. The van der Waals surface area contributed by atoms with Crippen molar-refractivity contribution in [2.45, 2.75) is 50.7 Å². The normalized spacial score (nSPS) is 27.7. The first-order valence-electron chi connectivity index (χ1n) is 6.67. The minimum atomic E-state index is -4.21. The zero-order chi connectivity index (χ0) is 14.0. The Balaban J connectivity index is 2.00. The molecule has 19 heavy (non-hydrogen) atoms. The Bertz CT molecular complexity index is 384. The minimum Gasteiger partial charge on any atom is -0.326 e.